The zero-order chi connectivity index (χ0) is 16.5. The lowest BCUT2D eigenvalue weighted by Crippen LogP contribution is -2.30. The van der Waals surface area contributed by atoms with Crippen LogP contribution in [0.3, 0.4) is 0 Å². The number of rotatable bonds is 3. The van der Waals surface area contributed by atoms with Crippen LogP contribution < -0.4 is 5.32 Å². The third-order valence-electron chi connectivity index (χ3n) is 4.35. The highest BCUT2D eigenvalue weighted by Crippen LogP contribution is 2.31. The smallest absolute Gasteiger partial charge is 0.252 e. The zero-order valence-corrected chi connectivity index (χ0v) is 13.7. The maximum absolute atomic E-state index is 14.1. The van der Waals surface area contributed by atoms with Crippen molar-refractivity contribution in [3.05, 3.63) is 69.9 Å². The molecule has 1 aliphatic carbocycles. The molecule has 1 unspecified atom stereocenters. The number of halogens is 1. The van der Waals surface area contributed by atoms with Crippen molar-refractivity contribution < 1.29 is 9.18 Å². The second-order valence-electron chi connectivity index (χ2n) is 5.84. The molecule has 0 saturated carbocycles. The van der Waals surface area contributed by atoms with Crippen molar-refractivity contribution in [1.29, 1.82) is 0 Å². The molecule has 2 aromatic heterocycles. The molecule has 122 valence electrons. The van der Waals surface area contributed by atoms with Crippen LogP contribution >= 0.6 is 11.3 Å². The van der Waals surface area contributed by atoms with Gasteiger partial charge in [0.2, 0.25) is 0 Å². The number of nitrogens with one attached hydrogen (secondary N) is 1. The highest BCUT2D eigenvalue weighted by atomic mass is 32.1. The van der Waals surface area contributed by atoms with E-state index >= 15 is 0 Å². The summed E-state index contributed by atoms with van der Waals surface area (Å²) in [4.78, 5) is 12.3. The summed E-state index contributed by atoms with van der Waals surface area (Å²) in [6.45, 7) is 0. The Morgan fingerprint density at radius 2 is 2.21 bits per heavy atom. The van der Waals surface area contributed by atoms with Gasteiger partial charge < -0.3 is 5.32 Å². The molecule has 1 amide bonds. The average molecular weight is 341 g/mol. The number of thiophene rings is 1. The van der Waals surface area contributed by atoms with Gasteiger partial charge in [-0.15, -0.1) is 0 Å². The monoisotopic (exact) mass is 341 g/mol. The second kappa shape index (κ2) is 6.20. The van der Waals surface area contributed by atoms with Crippen molar-refractivity contribution in [3.8, 4) is 5.69 Å². The summed E-state index contributed by atoms with van der Waals surface area (Å²) < 4.78 is 15.7. The SMILES string of the molecule is O=C(NC1CCCc2c1cnn2-c1ccccc1F)c1ccsc1. The molecule has 2 heterocycles. The van der Waals surface area contributed by atoms with Crippen LogP contribution in [0, 0.1) is 5.82 Å². The number of benzene rings is 1. The molecule has 1 aliphatic rings. The highest BCUT2D eigenvalue weighted by molar-refractivity contribution is 7.08. The molecule has 0 fully saturated rings. The molecule has 0 aliphatic heterocycles. The van der Waals surface area contributed by atoms with Gasteiger partial charge in [0, 0.05) is 16.6 Å². The van der Waals surface area contributed by atoms with E-state index < -0.39 is 0 Å². The van der Waals surface area contributed by atoms with E-state index in [0.717, 1.165) is 30.5 Å². The van der Waals surface area contributed by atoms with E-state index in [1.54, 1.807) is 29.1 Å². The van der Waals surface area contributed by atoms with Crippen molar-refractivity contribution in [1.82, 2.24) is 15.1 Å². The Kier molecular flexibility index (Phi) is 3.90. The van der Waals surface area contributed by atoms with E-state index in [4.69, 9.17) is 0 Å². The lowest BCUT2D eigenvalue weighted by molar-refractivity contribution is 0.0933. The molecule has 1 aromatic carbocycles. The Hall–Kier alpha value is -2.47. The summed E-state index contributed by atoms with van der Waals surface area (Å²) in [5.41, 5.74) is 3.08. The first kappa shape index (κ1) is 15.1. The summed E-state index contributed by atoms with van der Waals surface area (Å²) in [6, 6.07) is 8.34. The van der Waals surface area contributed by atoms with Crippen molar-refractivity contribution in [3.63, 3.8) is 0 Å². The molecule has 4 rings (SSSR count). The lowest BCUT2D eigenvalue weighted by Gasteiger charge is -2.24. The molecule has 1 N–H and O–H groups in total. The molecule has 6 heteroatoms. The summed E-state index contributed by atoms with van der Waals surface area (Å²) in [7, 11) is 0. The van der Waals surface area contributed by atoms with Crippen LogP contribution in [-0.2, 0) is 6.42 Å². The molecule has 0 spiro atoms. The normalized spacial score (nSPS) is 16.6. The number of fused-ring (bicyclic) bond motifs is 1. The number of para-hydroxylation sites is 1. The zero-order valence-electron chi connectivity index (χ0n) is 12.9. The largest absolute Gasteiger partial charge is 0.345 e. The van der Waals surface area contributed by atoms with Crippen molar-refractivity contribution in [2.75, 3.05) is 0 Å². The first-order valence-electron chi connectivity index (χ1n) is 7.89. The Morgan fingerprint density at radius 1 is 1.33 bits per heavy atom. The second-order valence-corrected chi connectivity index (χ2v) is 6.62. The maximum Gasteiger partial charge on any atom is 0.252 e. The fourth-order valence-corrected chi connectivity index (χ4v) is 3.81. The molecule has 1 atom stereocenters. The minimum atomic E-state index is -0.298. The van der Waals surface area contributed by atoms with Crippen LogP contribution in [-0.4, -0.2) is 15.7 Å². The Bertz CT molecular complexity index is 872. The molecule has 24 heavy (non-hydrogen) atoms. The summed E-state index contributed by atoms with van der Waals surface area (Å²) in [6.07, 6.45) is 4.38. The van der Waals surface area contributed by atoms with Gasteiger partial charge >= 0.3 is 0 Å². The van der Waals surface area contributed by atoms with E-state index in [9.17, 15) is 9.18 Å². The average Bonchev–Trinajstić information content (AvgIpc) is 3.26. The summed E-state index contributed by atoms with van der Waals surface area (Å²) >= 11 is 1.50. The van der Waals surface area contributed by atoms with Crippen molar-refractivity contribution in [2.45, 2.75) is 25.3 Å². The Labute approximate surface area is 142 Å². The summed E-state index contributed by atoms with van der Waals surface area (Å²) in [5, 5.41) is 11.2. The van der Waals surface area contributed by atoms with Gasteiger partial charge in [0.05, 0.1) is 17.8 Å². The molecule has 4 nitrogen and oxygen atoms in total. The number of hydrogen-bond donors (Lipinski definition) is 1. The van der Waals surface area contributed by atoms with E-state index in [1.165, 1.54) is 17.4 Å². The van der Waals surface area contributed by atoms with Crippen molar-refractivity contribution >= 4 is 17.2 Å². The minimum absolute atomic E-state index is 0.0762. The van der Waals surface area contributed by atoms with Crippen LogP contribution in [0.4, 0.5) is 4.39 Å². The number of nitrogens with zero attached hydrogens (tertiary/aromatic N) is 2. The first-order chi connectivity index (χ1) is 11.7. The van der Waals surface area contributed by atoms with E-state index in [1.807, 2.05) is 16.8 Å². The third kappa shape index (κ3) is 2.63. The van der Waals surface area contributed by atoms with Gasteiger partial charge in [-0.1, -0.05) is 12.1 Å². The maximum atomic E-state index is 14.1. The minimum Gasteiger partial charge on any atom is -0.345 e. The number of hydrogen-bond acceptors (Lipinski definition) is 3. The van der Waals surface area contributed by atoms with Crippen molar-refractivity contribution in [2.24, 2.45) is 0 Å². The van der Waals surface area contributed by atoms with Crippen LogP contribution in [0.5, 0.6) is 0 Å². The highest BCUT2D eigenvalue weighted by Gasteiger charge is 2.27. The van der Waals surface area contributed by atoms with Gasteiger partial charge in [0.25, 0.3) is 5.91 Å². The molecular formula is C18H16FN3OS. The number of carbonyl (C=O) groups excluding carboxylic acids is 1. The van der Waals surface area contributed by atoms with Crippen LogP contribution in [0.2, 0.25) is 0 Å². The number of amides is 1. The van der Waals surface area contributed by atoms with Crippen LogP contribution in [0.25, 0.3) is 5.69 Å². The van der Waals surface area contributed by atoms with Gasteiger partial charge in [-0.2, -0.15) is 16.4 Å². The van der Waals surface area contributed by atoms with Gasteiger partial charge in [-0.25, -0.2) is 9.07 Å². The molecular weight excluding hydrogens is 325 g/mol. The van der Waals surface area contributed by atoms with E-state index in [-0.39, 0.29) is 17.8 Å². The van der Waals surface area contributed by atoms with Crippen LogP contribution in [0.15, 0.2) is 47.3 Å². The molecule has 0 saturated heterocycles. The fraction of sp³-hybridized carbons (Fsp3) is 0.222. The Balaban J connectivity index is 1.65. The Morgan fingerprint density at radius 3 is 3.00 bits per heavy atom. The molecule has 3 aromatic rings. The standard InChI is InChI=1S/C18H16FN3OS/c19-14-4-1-2-6-17(14)22-16-7-3-5-15(13(16)10-20-22)21-18(23)12-8-9-24-11-12/h1-2,4,6,8-11,15H,3,5,7H2,(H,21,23). The van der Waals surface area contributed by atoms with Crippen LogP contribution in [0.1, 0.15) is 40.5 Å². The van der Waals surface area contributed by atoms with Gasteiger partial charge in [-0.3, -0.25) is 4.79 Å². The summed E-state index contributed by atoms with van der Waals surface area (Å²) in [5.74, 6) is -0.374. The fourth-order valence-electron chi connectivity index (χ4n) is 3.17. The van der Waals surface area contributed by atoms with E-state index in [2.05, 4.69) is 10.4 Å². The topological polar surface area (TPSA) is 46.9 Å². The predicted molar refractivity (Wildman–Crippen MR) is 91.0 cm³/mol. The van der Waals surface area contributed by atoms with Gasteiger partial charge in [0.1, 0.15) is 11.5 Å². The van der Waals surface area contributed by atoms with E-state index in [0.29, 0.717) is 11.3 Å². The predicted octanol–water partition coefficient (Wildman–Crippen LogP) is 3.88. The molecule has 0 bridgehead atoms. The first-order valence-corrected chi connectivity index (χ1v) is 8.83. The quantitative estimate of drug-likeness (QED) is 0.786. The van der Waals surface area contributed by atoms with Gasteiger partial charge in [-0.05, 0) is 42.8 Å². The van der Waals surface area contributed by atoms with Gasteiger partial charge in [0.15, 0.2) is 0 Å². The third-order valence-corrected chi connectivity index (χ3v) is 5.04. The number of aromatic nitrogens is 2. The molecule has 0 radical (unpaired) electrons. The number of carbonyl (C=O) groups is 1. The lowest BCUT2D eigenvalue weighted by atomic mass is 9.92.